The molecule has 4 atom stereocenters. The Morgan fingerprint density at radius 2 is 2.36 bits per heavy atom. The molecule has 2 saturated heterocycles. The summed E-state index contributed by atoms with van der Waals surface area (Å²) < 4.78 is 10.7. The Morgan fingerprint density at radius 1 is 1.64 bits per heavy atom. The number of ether oxygens (including phenoxy) is 2. The van der Waals surface area contributed by atoms with Gasteiger partial charge in [0.25, 0.3) is 0 Å². The Balaban J connectivity index is 2.08. The molecule has 0 spiro atoms. The summed E-state index contributed by atoms with van der Waals surface area (Å²) in [7, 11) is 0. The highest BCUT2D eigenvalue weighted by atomic mass is 16.7. The van der Waals surface area contributed by atoms with Crippen LogP contribution in [0.1, 0.15) is 26.7 Å². The molecule has 2 rings (SSSR count). The quantitative estimate of drug-likeness (QED) is 0.570. The van der Waals surface area contributed by atoms with Crippen molar-refractivity contribution < 1.29 is 14.6 Å². The molecule has 0 radical (unpaired) electrons. The summed E-state index contributed by atoms with van der Waals surface area (Å²) in [6.07, 6.45) is 1.28. The Bertz CT molecular complexity index is 171. The molecular weight excluding hydrogens is 144 g/mol. The predicted octanol–water partition coefficient (Wildman–Crippen LogP) is 0.661. The fraction of sp³-hybridized carbons (Fsp3) is 1.00. The van der Waals surface area contributed by atoms with E-state index in [1.807, 2.05) is 6.92 Å². The monoisotopic (exact) mass is 158 g/mol. The SMILES string of the molecule is CCC12C[C@H](O)OC(C)[C@@H]1O2. The summed E-state index contributed by atoms with van der Waals surface area (Å²) in [5.74, 6) is 0. The standard InChI is InChI=1S/C8H14O3/c1-3-8-4-6(9)10-5(2)7(8)11-8/h5-7,9H,3-4H2,1-2H3/t5?,6-,7+,8?/m1/s1. The first kappa shape index (κ1) is 7.53. The molecule has 0 aromatic carbocycles. The van der Waals surface area contributed by atoms with E-state index in [4.69, 9.17) is 9.47 Å². The maximum atomic E-state index is 9.27. The third kappa shape index (κ3) is 0.991. The second-order valence-electron chi connectivity index (χ2n) is 3.46. The molecule has 11 heavy (non-hydrogen) atoms. The van der Waals surface area contributed by atoms with Gasteiger partial charge >= 0.3 is 0 Å². The van der Waals surface area contributed by atoms with Gasteiger partial charge in [0, 0.05) is 6.42 Å². The zero-order valence-corrected chi connectivity index (χ0v) is 6.91. The first-order chi connectivity index (χ1) is 5.18. The lowest BCUT2D eigenvalue weighted by atomic mass is 9.93. The molecule has 0 bridgehead atoms. The molecule has 1 N–H and O–H groups in total. The number of aliphatic hydroxyl groups excluding tert-OH is 1. The molecule has 0 aliphatic carbocycles. The summed E-state index contributed by atoms with van der Waals surface area (Å²) in [6, 6.07) is 0. The molecule has 2 aliphatic rings. The zero-order valence-electron chi connectivity index (χ0n) is 6.91. The molecule has 0 amide bonds. The van der Waals surface area contributed by atoms with E-state index < -0.39 is 6.29 Å². The Morgan fingerprint density at radius 3 is 3.00 bits per heavy atom. The summed E-state index contributed by atoms with van der Waals surface area (Å²) in [6.45, 7) is 4.04. The van der Waals surface area contributed by atoms with Crippen molar-refractivity contribution >= 4 is 0 Å². The van der Waals surface area contributed by atoms with E-state index in [0.29, 0.717) is 6.42 Å². The fourth-order valence-corrected chi connectivity index (χ4v) is 2.00. The van der Waals surface area contributed by atoms with Crippen LogP contribution in [0.3, 0.4) is 0 Å². The summed E-state index contributed by atoms with van der Waals surface area (Å²) in [5.41, 5.74) is -0.0446. The van der Waals surface area contributed by atoms with E-state index in [1.165, 1.54) is 0 Å². The van der Waals surface area contributed by atoms with E-state index >= 15 is 0 Å². The summed E-state index contributed by atoms with van der Waals surface area (Å²) in [4.78, 5) is 0. The average Bonchev–Trinajstić information content (AvgIpc) is 2.64. The van der Waals surface area contributed by atoms with E-state index in [9.17, 15) is 5.11 Å². The van der Waals surface area contributed by atoms with Crippen LogP contribution in [0, 0.1) is 0 Å². The van der Waals surface area contributed by atoms with Crippen LogP contribution in [0.4, 0.5) is 0 Å². The summed E-state index contributed by atoms with van der Waals surface area (Å²) >= 11 is 0. The highest BCUT2D eigenvalue weighted by molar-refractivity contribution is 5.07. The van der Waals surface area contributed by atoms with Crippen molar-refractivity contribution in [2.24, 2.45) is 0 Å². The average molecular weight is 158 g/mol. The van der Waals surface area contributed by atoms with Crippen molar-refractivity contribution in [1.29, 1.82) is 0 Å². The molecule has 2 fully saturated rings. The first-order valence-electron chi connectivity index (χ1n) is 4.19. The Labute approximate surface area is 66.3 Å². The number of epoxide rings is 1. The number of fused-ring (bicyclic) bond motifs is 1. The fourth-order valence-electron chi connectivity index (χ4n) is 2.00. The molecular formula is C8H14O3. The van der Waals surface area contributed by atoms with Gasteiger partial charge in [-0.15, -0.1) is 0 Å². The largest absolute Gasteiger partial charge is 0.368 e. The van der Waals surface area contributed by atoms with Crippen LogP contribution < -0.4 is 0 Å². The lowest BCUT2D eigenvalue weighted by Crippen LogP contribution is -2.38. The van der Waals surface area contributed by atoms with Crippen molar-refractivity contribution in [2.75, 3.05) is 0 Å². The highest BCUT2D eigenvalue weighted by Crippen LogP contribution is 2.49. The minimum Gasteiger partial charge on any atom is -0.368 e. The van der Waals surface area contributed by atoms with E-state index in [2.05, 4.69) is 6.92 Å². The minimum atomic E-state index is -0.622. The van der Waals surface area contributed by atoms with Gasteiger partial charge in [0.2, 0.25) is 0 Å². The summed E-state index contributed by atoms with van der Waals surface area (Å²) in [5, 5.41) is 9.27. The van der Waals surface area contributed by atoms with Crippen molar-refractivity contribution in [2.45, 2.75) is 50.8 Å². The van der Waals surface area contributed by atoms with Crippen LogP contribution in [-0.4, -0.2) is 29.2 Å². The number of rotatable bonds is 1. The maximum Gasteiger partial charge on any atom is 0.157 e. The molecule has 3 heteroatoms. The Kier molecular flexibility index (Phi) is 1.50. The molecule has 3 nitrogen and oxygen atoms in total. The van der Waals surface area contributed by atoms with Gasteiger partial charge in [-0.2, -0.15) is 0 Å². The number of aliphatic hydroxyl groups is 1. The minimum absolute atomic E-state index is 0.0446. The van der Waals surface area contributed by atoms with Crippen molar-refractivity contribution in [3.05, 3.63) is 0 Å². The van der Waals surface area contributed by atoms with Crippen LogP contribution in [-0.2, 0) is 9.47 Å². The first-order valence-corrected chi connectivity index (χ1v) is 4.19. The third-order valence-corrected chi connectivity index (χ3v) is 2.74. The van der Waals surface area contributed by atoms with Crippen LogP contribution in [0.15, 0.2) is 0 Å². The van der Waals surface area contributed by atoms with Crippen molar-refractivity contribution in [1.82, 2.24) is 0 Å². The van der Waals surface area contributed by atoms with Crippen molar-refractivity contribution in [3.63, 3.8) is 0 Å². The van der Waals surface area contributed by atoms with E-state index in [1.54, 1.807) is 0 Å². The predicted molar refractivity (Wildman–Crippen MR) is 39.1 cm³/mol. The van der Waals surface area contributed by atoms with E-state index in [-0.39, 0.29) is 17.8 Å². The molecule has 0 saturated carbocycles. The van der Waals surface area contributed by atoms with Gasteiger partial charge in [-0.1, -0.05) is 6.92 Å². The van der Waals surface area contributed by atoms with Gasteiger partial charge in [0.1, 0.15) is 11.7 Å². The number of hydrogen-bond acceptors (Lipinski definition) is 3. The maximum absolute atomic E-state index is 9.27. The molecule has 0 aromatic rings. The van der Waals surface area contributed by atoms with Gasteiger partial charge in [-0.25, -0.2) is 0 Å². The van der Waals surface area contributed by atoms with Gasteiger partial charge in [0.15, 0.2) is 6.29 Å². The highest BCUT2D eigenvalue weighted by Gasteiger charge is 2.61. The van der Waals surface area contributed by atoms with Crippen LogP contribution in [0.25, 0.3) is 0 Å². The lowest BCUT2D eigenvalue weighted by molar-refractivity contribution is -0.155. The van der Waals surface area contributed by atoms with Crippen LogP contribution in [0.5, 0.6) is 0 Å². The smallest absolute Gasteiger partial charge is 0.157 e. The molecule has 0 aromatic heterocycles. The molecule has 2 aliphatic heterocycles. The lowest BCUT2D eigenvalue weighted by Gasteiger charge is -2.25. The Hall–Kier alpha value is -0.120. The normalized spacial score (nSPS) is 55.4. The third-order valence-electron chi connectivity index (χ3n) is 2.74. The number of hydrogen-bond donors (Lipinski definition) is 1. The zero-order chi connectivity index (χ0) is 8.06. The second kappa shape index (κ2) is 2.19. The molecule has 2 unspecified atom stereocenters. The molecule has 2 heterocycles. The van der Waals surface area contributed by atoms with Gasteiger partial charge < -0.3 is 14.6 Å². The van der Waals surface area contributed by atoms with Crippen molar-refractivity contribution in [3.8, 4) is 0 Å². The second-order valence-corrected chi connectivity index (χ2v) is 3.46. The van der Waals surface area contributed by atoms with Gasteiger partial charge in [-0.05, 0) is 13.3 Å². The van der Waals surface area contributed by atoms with Crippen LogP contribution in [0.2, 0.25) is 0 Å². The van der Waals surface area contributed by atoms with E-state index in [0.717, 1.165) is 6.42 Å². The van der Waals surface area contributed by atoms with Gasteiger partial charge in [-0.3, -0.25) is 0 Å². The van der Waals surface area contributed by atoms with Gasteiger partial charge in [0.05, 0.1) is 6.10 Å². The topological polar surface area (TPSA) is 42.0 Å². The van der Waals surface area contributed by atoms with Crippen LogP contribution >= 0.6 is 0 Å². The molecule has 64 valence electrons.